The Labute approximate surface area is 152 Å². The van der Waals surface area contributed by atoms with Crippen molar-refractivity contribution in [1.29, 1.82) is 0 Å². The number of amides is 1. The number of carbonyl (C=O) groups is 1. The smallest absolute Gasteiger partial charge is 0.228 e. The molecule has 144 valence electrons. The molecule has 0 aromatic rings. The zero-order valence-corrected chi connectivity index (χ0v) is 15.8. The summed E-state index contributed by atoms with van der Waals surface area (Å²) in [7, 11) is 1.70. The molecule has 1 amide bonds. The van der Waals surface area contributed by atoms with Crippen molar-refractivity contribution < 1.29 is 14.3 Å². The third-order valence-corrected chi connectivity index (χ3v) is 6.49. The Morgan fingerprint density at radius 1 is 1.12 bits per heavy atom. The molecule has 0 aromatic carbocycles. The quantitative estimate of drug-likeness (QED) is 0.750. The van der Waals surface area contributed by atoms with E-state index in [2.05, 4.69) is 15.5 Å². The maximum Gasteiger partial charge on any atom is 0.228 e. The van der Waals surface area contributed by atoms with Crippen LogP contribution in [-0.2, 0) is 14.3 Å². The van der Waals surface area contributed by atoms with Gasteiger partial charge in [0, 0.05) is 32.4 Å². The van der Waals surface area contributed by atoms with Gasteiger partial charge in [0.2, 0.25) is 5.91 Å². The Balaban J connectivity index is 1.66. The predicted molar refractivity (Wildman–Crippen MR) is 97.6 cm³/mol. The highest BCUT2D eigenvalue weighted by Gasteiger charge is 2.43. The monoisotopic (exact) mass is 353 g/mol. The number of likely N-dealkylation sites (tertiary alicyclic amines) is 1. The van der Waals surface area contributed by atoms with Gasteiger partial charge in [0.15, 0.2) is 0 Å². The Hall–Kier alpha value is -0.690. The molecule has 6 heteroatoms. The second-order valence-corrected chi connectivity index (χ2v) is 8.03. The molecule has 0 unspecified atom stereocenters. The Kier molecular flexibility index (Phi) is 6.72. The molecule has 0 atom stereocenters. The maximum absolute atomic E-state index is 13.1. The first kappa shape index (κ1) is 19.1. The average Bonchev–Trinajstić information content (AvgIpc) is 2.68. The van der Waals surface area contributed by atoms with Crippen molar-refractivity contribution in [3.05, 3.63) is 0 Å². The lowest BCUT2D eigenvalue weighted by Crippen LogP contribution is -2.61. The van der Waals surface area contributed by atoms with Gasteiger partial charge in [0.25, 0.3) is 0 Å². The van der Waals surface area contributed by atoms with Gasteiger partial charge in [0.1, 0.15) is 0 Å². The number of carbonyl (C=O) groups excluding carboxylic acids is 1. The van der Waals surface area contributed by atoms with E-state index in [-0.39, 0.29) is 16.9 Å². The molecule has 0 saturated carbocycles. The van der Waals surface area contributed by atoms with Gasteiger partial charge in [-0.1, -0.05) is 6.42 Å². The molecule has 0 aromatic heterocycles. The number of nitrogens with zero attached hydrogens (tertiary/aromatic N) is 1. The predicted octanol–water partition coefficient (Wildman–Crippen LogP) is 1.15. The molecule has 6 nitrogen and oxygen atoms in total. The van der Waals surface area contributed by atoms with Gasteiger partial charge in [-0.3, -0.25) is 9.69 Å². The number of methoxy groups -OCH3 is 1. The van der Waals surface area contributed by atoms with Crippen molar-refractivity contribution in [2.75, 3.05) is 59.7 Å². The molecule has 25 heavy (non-hydrogen) atoms. The molecule has 3 aliphatic heterocycles. The lowest BCUT2D eigenvalue weighted by atomic mass is 9.78. The largest absolute Gasteiger partial charge is 0.384 e. The van der Waals surface area contributed by atoms with Crippen LogP contribution in [0.3, 0.4) is 0 Å². The van der Waals surface area contributed by atoms with Gasteiger partial charge in [0.05, 0.1) is 12.0 Å². The molecule has 3 fully saturated rings. The van der Waals surface area contributed by atoms with E-state index < -0.39 is 0 Å². The van der Waals surface area contributed by atoms with Crippen LogP contribution >= 0.6 is 0 Å². The maximum atomic E-state index is 13.1. The Bertz CT molecular complexity index is 420. The highest BCUT2D eigenvalue weighted by atomic mass is 16.5. The molecule has 2 N–H and O–H groups in total. The Morgan fingerprint density at radius 3 is 2.44 bits per heavy atom. The Morgan fingerprint density at radius 2 is 1.80 bits per heavy atom. The average molecular weight is 354 g/mol. The first-order valence-corrected chi connectivity index (χ1v) is 10.0. The highest BCUT2D eigenvalue weighted by molar-refractivity contribution is 5.83. The topological polar surface area (TPSA) is 62.8 Å². The van der Waals surface area contributed by atoms with Gasteiger partial charge < -0.3 is 20.1 Å². The van der Waals surface area contributed by atoms with Crippen molar-refractivity contribution >= 4 is 5.91 Å². The lowest BCUT2D eigenvalue weighted by molar-refractivity contribution is -0.137. The first-order valence-electron chi connectivity index (χ1n) is 10.0. The second-order valence-electron chi connectivity index (χ2n) is 8.03. The summed E-state index contributed by atoms with van der Waals surface area (Å²) >= 11 is 0. The van der Waals surface area contributed by atoms with Crippen LogP contribution in [0.5, 0.6) is 0 Å². The van der Waals surface area contributed by atoms with Crippen molar-refractivity contribution in [2.24, 2.45) is 5.41 Å². The van der Waals surface area contributed by atoms with E-state index in [4.69, 9.17) is 9.47 Å². The van der Waals surface area contributed by atoms with Crippen LogP contribution in [0.25, 0.3) is 0 Å². The van der Waals surface area contributed by atoms with Crippen LogP contribution in [0.2, 0.25) is 0 Å². The van der Waals surface area contributed by atoms with E-state index in [1.165, 1.54) is 19.3 Å². The first-order chi connectivity index (χ1) is 12.2. The van der Waals surface area contributed by atoms with E-state index in [0.29, 0.717) is 6.61 Å². The minimum absolute atomic E-state index is 0.0789. The summed E-state index contributed by atoms with van der Waals surface area (Å²) in [6, 6.07) is 0. The summed E-state index contributed by atoms with van der Waals surface area (Å²) in [5, 5.41) is 6.70. The van der Waals surface area contributed by atoms with E-state index in [9.17, 15) is 4.79 Å². The summed E-state index contributed by atoms with van der Waals surface area (Å²) in [4.78, 5) is 15.7. The summed E-state index contributed by atoms with van der Waals surface area (Å²) in [6.07, 6.45) is 7.63. The summed E-state index contributed by atoms with van der Waals surface area (Å²) in [6.45, 7) is 6.96. The molecule has 3 saturated heterocycles. The van der Waals surface area contributed by atoms with Crippen molar-refractivity contribution in [2.45, 2.75) is 50.5 Å². The van der Waals surface area contributed by atoms with Crippen molar-refractivity contribution in [3.8, 4) is 0 Å². The number of nitrogens with one attached hydrogen (secondary N) is 2. The van der Waals surface area contributed by atoms with Crippen LogP contribution in [0.4, 0.5) is 0 Å². The molecule has 3 aliphatic rings. The van der Waals surface area contributed by atoms with E-state index in [1.54, 1.807) is 7.11 Å². The van der Waals surface area contributed by atoms with E-state index >= 15 is 0 Å². The molecule has 3 rings (SSSR count). The van der Waals surface area contributed by atoms with Crippen LogP contribution in [0.15, 0.2) is 0 Å². The minimum Gasteiger partial charge on any atom is -0.384 e. The summed E-state index contributed by atoms with van der Waals surface area (Å²) < 4.78 is 11.0. The normalized spacial score (nSPS) is 26.9. The SMILES string of the molecule is COCC1(C(=O)NCC2(N3CCCCC3)CCOCC2)CCNCC1. The molecule has 0 aliphatic carbocycles. The molecular weight excluding hydrogens is 318 g/mol. The standard InChI is InChI=1S/C19H35N3O3/c1-24-16-18(5-9-20-10-6-18)17(23)21-15-19(7-13-25-14-8-19)22-11-3-2-4-12-22/h20H,2-16H2,1H3,(H,21,23). The van der Waals surface area contributed by atoms with Crippen molar-refractivity contribution in [1.82, 2.24) is 15.5 Å². The summed E-state index contributed by atoms with van der Waals surface area (Å²) in [5.74, 6) is 0.179. The number of rotatable bonds is 6. The van der Waals surface area contributed by atoms with Crippen LogP contribution < -0.4 is 10.6 Å². The summed E-state index contributed by atoms with van der Waals surface area (Å²) in [5.41, 5.74) is -0.288. The van der Waals surface area contributed by atoms with Crippen LogP contribution in [-0.4, -0.2) is 76.0 Å². The van der Waals surface area contributed by atoms with Gasteiger partial charge in [-0.2, -0.15) is 0 Å². The lowest BCUT2D eigenvalue weighted by Gasteiger charge is -2.48. The minimum atomic E-state index is -0.367. The molecular formula is C19H35N3O3. The number of ether oxygens (including phenoxy) is 2. The zero-order valence-electron chi connectivity index (χ0n) is 15.8. The number of piperidine rings is 2. The van der Waals surface area contributed by atoms with Crippen molar-refractivity contribution in [3.63, 3.8) is 0 Å². The van der Waals surface area contributed by atoms with Crippen LogP contribution in [0.1, 0.15) is 44.9 Å². The fourth-order valence-electron chi connectivity index (χ4n) is 4.78. The van der Waals surface area contributed by atoms with Crippen LogP contribution in [0, 0.1) is 5.41 Å². The highest BCUT2D eigenvalue weighted by Crippen LogP contribution is 2.32. The third-order valence-electron chi connectivity index (χ3n) is 6.49. The van der Waals surface area contributed by atoms with E-state index in [1.807, 2.05) is 0 Å². The number of hydrogen-bond donors (Lipinski definition) is 2. The zero-order chi connectivity index (χ0) is 17.6. The van der Waals surface area contributed by atoms with Gasteiger partial charge in [-0.15, -0.1) is 0 Å². The molecule has 0 spiro atoms. The third kappa shape index (κ3) is 4.35. The molecule has 3 heterocycles. The molecule has 0 radical (unpaired) electrons. The van der Waals surface area contributed by atoms with Gasteiger partial charge in [-0.25, -0.2) is 0 Å². The van der Waals surface area contributed by atoms with Gasteiger partial charge >= 0.3 is 0 Å². The fourth-order valence-corrected chi connectivity index (χ4v) is 4.78. The van der Waals surface area contributed by atoms with E-state index in [0.717, 1.165) is 71.6 Å². The fraction of sp³-hybridized carbons (Fsp3) is 0.947. The van der Waals surface area contributed by atoms with Gasteiger partial charge in [-0.05, 0) is 64.7 Å². The molecule has 0 bridgehead atoms. The second kappa shape index (κ2) is 8.80. The number of hydrogen-bond acceptors (Lipinski definition) is 5.